The number of ketones is 2. The van der Waals surface area contributed by atoms with E-state index in [1.165, 1.54) is 12.2 Å². The first-order chi connectivity index (χ1) is 17.2. The Balaban J connectivity index is 1.83. The number of rotatable bonds is 6. The van der Waals surface area contributed by atoms with Crippen molar-refractivity contribution < 1.29 is 38.9 Å². The number of carbonyl (C=O) groups is 4. The third-order valence-corrected chi connectivity index (χ3v) is 10.8. The summed E-state index contributed by atoms with van der Waals surface area (Å²) in [6.07, 6.45) is 3.22. The van der Waals surface area contributed by atoms with Gasteiger partial charge in [0.05, 0.1) is 17.1 Å². The summed E-state index contributed by atoms with van der Waals surface area (Å²) in [6, 6.07) is 0. The van der Waals surface area contributed by atoms with E-state index in [4.69, 9.17) is 21.1 Å². The fraction of sp³-hybridized carbons (Fsp3) is 0.714. The lowest BCUT2D eigenvalue weighted by atomic mass is 9.45. The topological polar surface area (TPSA) is 127 Å². The molecular formula is C28H37ClO8. The van der Waals surface area contributed by atoms with Crippen LogP contribution >= 0.6 is 11.6 Å². The number of halogens is 1. The summed E-state index contributed by atoms with van der Waals surface area (Å²) >= 11 is 7.43. The van der Waals surface area contributed by atoms with Crippen molar-refractivity contribution in [3.05, 3.63) is 23.8 Å². The van der Waals surface area contributed by atoms with E-state index in [0.717, 1.165) is 0 Å². The molecule has 0 bridgehead atoms. The highest BCUT2D eigenvalue weighted by Crippen LogP contribution is 2.72. The fourth-order valence-corrected chi connectivity index (χ4v) is 8.53. The van der Waals surface area contributed by atoms with Crippen LogP contribution in [0.25, 0.3) is 0 Å². The lowest BCUT2D eigenvalue weighted by Crippen LogP contribution is -2.71. The summed E-state index contributed by atoms with van der Waals surface area (Å²) in [5.74, 6) is -3.09. The number of aliphatic hydroxyl groups is 2. The van der Waals surface area contributed by atoms with Gasteiger partial charge >= 0.3 is 11.9 Å². The van der Waals surface area contributed by atoms with Crippen molar-refractivity contribution in [1.29, 1.82) is 0 Å². The third-order valence-electron chi connectivity index (χ3n) is 9.84. The predicted molar refractivity (Wildman–Crippen MR) is 134 cm³/mol. The van der Waals surface area contributed by atoms with Gasteiger partial charge in [-0.3, -0.25) is 19.2 Å². The summed E-state index contributed by atoms with van der Waals surface area (Å²) in [4.78, 5) is 49.3. The average Bonchev–Trinajstić information content (AvgIpc) is 3.07. The summed E-state index contributed by atoms with van der Waals surface area (Å²) in [5.41, 5.74) is -3.20. The molecule has 4 aliphatic carbocycles. The number of aliphatic hydroxyl groups excluding tert-OH is 2. The second-order valence-electron chi connectivity index (χ2n) is 11.5. The van der Waals surface area contributed by atoms with Crippen LogP contribution in [0.4, 0.5) is 0 Å². The molecule has 0 heterocycles. The zero-order chi connectivity index (χ0) is 27.6. The Labute approximate surface area is 222 Å². The maximum absolute atomic E-state index is 13.9. The quantitative estimate of drug-likeness (QED) is 0.391. The normalized spacial score (nSPS) is 44.3. The zero-order valence-corrected chi connectivity index (χ0v) is 22.8. The number of fused-ring (bicyclic) bond motifs is 5. The van der Waals surface area contributed by atoms with Crippen molar-refractivity contribution >= 4 is 35.1 Å². The molecule has 37 heavy (non-hydrogen) atoms. The Morgan fingerprint density at radius 2 is 1.73 bits per heavy atom. The zero-order valence-electron chi connectivity index (χ0n) is 22.1. The lowest BCUT2D eigenvalue weighted by Gasteiger charge is -2.64. The molecule has 0 aromatic rings. The van der Waals surface area contributed by atoms with Crippen LogP contribution in [0.3, 0.4) is 0 Å². The minimum Gasteiger partial charge on any atom is -0.457 e. The van der Waals surface area contributed by atoms with Crippen LogP contribution in [0.2, 0.25) is 0 Å². The van der Waals surface area contributed by atoms with Crippen molar-refractivity contribution in [2.75, 3.05) is 6.61 Å². The van der Waals surface area contributed by atoms with Gasteiger partial charge in [0, 0.05) is 29.6 Å². The van der Waals surface area contributed by atoms with Gasteiger partial charge in [0.2, 0.25) is 5.78 Å². The van der Waals surface area contributed by atoms with Crippen LogP contribution in [0, 0.1) is 28.6 Å². The van der Waals surface area contributed by atoms with Crippen LogP contribution in [0.15, 0.2) is 23.8 Å². The predicted octanol–water partition coefficient (Wildman–Crippen LogP) is 3.06. The van der Waals surface area contributed by atoms with Gasteiger partial charge in [0.25, 0.3) is 0 Å². The Kier molecular flexibility index (Phi) is 7.04. The smallest absolute Gasteiger partial charge is 0.306 e. The van der Waals surface area contributed by atoms with Gasteiger partial charge < -0.3 is 19.7 Å². The molecule has 8 nitrogen and oxygen atoms in total. The van der Waals surface area contributed by atoms with Crippen LogP contribution in [-0.2, 0) is 28.7 Å². The number of allylic oxidation sites excluding steroid dienone is 3. The Morgan fingerprint density at radius 3 is 2.35 bits per heavy atom. The van der Waals surface area contributed by atoms with Crippen molar-refractivity contribution in [2.45, 2.75) is 89.4 Å². The van der Waals surface area contributed by atoms with Crippen molar-refractivity contribution in [1.82, 2.24) is 0 Å². The van der Waals surface area contributed by atoms with E-state index in [9.17, 15) is 29.4 Å². The average molecular weight is 537 g/mol. The van der Waals surface area contributed by atoms with Gasteiger partial charge in [-0.05, 0) is 48.8 Å². The van der Waals surface area contributed by atoms with Crippen LogP contribution in [0.5, 0.6) is 0 Å². The summed E-state index contributed by atoms with van der Waals surface area (Å²) in [5, 5.41) is 23.0. The lowest BCUT2D eigenvalue weighted by molar-refractivity contribution is -0.205. The number of alkyl halides is 1. The maximum atomic E-state index is 13.9. The molecule has 2 N–H and O–H groups in total. The molecule has 0 aliphatic heterocycles. The molecule has 204 valence electrons. The molecule has 3 fully saturated rings. The molecule has 0 amide bonds. The fourth-order valence-electron chi connectivity index (χ4n) is 8.04. The first-order valence-electron chi connectivity index (χ1n) is 13.1. The summed E-state index contributed by atoms with van der Waals surface area (Å²) < 4.78 is 11.2. The number of hydrogen-bond acceptors (Lipinski definition) is 8. The van der Waals surface area contributed by atoms with Crippen LogP contribution in [0.1, 0.15) is 66.7 Å². The monoisotopic (exact) mass is 536 g/mol. The second kappa shape index (κ2) is 9.31. The number of hydrogen-bond donors (Lipinski definition) is 2. The van der Waals surface area contributed by atoms with Gasteiger partial charge in [0.1, 0.15) is 0 Å². The van der Waals surface area contributed by atoms with Crippen molar-refractivity contribution in [3.8, 4) is 0 Å². The number of esters is 2. The van der Waals surface area contributed by atoms with Crippen LogP contribution < -0.4 is 0 Å². The van der Waals surface area contributed by atoms with E-state index < -0.39 is 69.7 Å². The summed E-state index contributed by atoms with van der Waals surface area (Å²) in [7, 11) is 0. The van der Waals surface area contributed by atoms with Gasteiger partial charge in [-0.25, -0.2) is 0 Å². The molecule has 9 atom stereocenters. The molecule has 4 aliphatic rings. The Morgan fingerprint density at radius 1 is 1.08 bits per heavy atom. The van der Waals surface area contributed by atoms with E-state index in [1.807, 2.05) is 20.8 Å². The van der Waals surface area contributed by atoms with E-state index >= 15 is 0 Å². The molecular weight excluding hydrogens is 500 g/mol. The Bertz CT molecular complexity index is 1080. The standard InChI is InChI=1S/C28H37ClO8/c1-6-23(34)36-14-22(33)28(37-24(35)7-2)15(3)10-17-18-12-20(31)19-11-16(30)8-9-25(19,4)27(18,29)21(32)13-26(17,28)5/h8-9,11,15,17-18,20-21,31-32H,6-7,10,12-14H2,1-5H3/t15-,17-,18-,20+,21+,25-,26-,27-,28+/m0/s1. The van der Waals surface area contributed by atoms with E-state index in [-0.39, 0.29) is 37.4 Å². The van der Waals surface area contributed by atoms with Gasteiger partial charge in [-0.15, -0.1) is 11.6 Å². The SMILES string of the molecule is CCC(=O)OCC(=O)[C@]1(OC(=O)CC)[C@@H](C)C[C@H]2[C@@H]3C[C@@H](O)C4=CC(=O)C=C[C@]4(C)[C@@]3(Cl)[C@H](O)C[C@@]21C. The molecule has 3 saturated carbocycles. The highest BCUT2D eigenvalue weighted by atomic mass is 35.5. The van der Waals surface area contributed by atoms with Crippen molar-refractivity contribution in [3.63, 3.8) is 0 Å². The minimum atomic E-state index is -1.64. The first-order valence-corrected chi connectivity index (χ1v) is 13.5. The molecule has 0 saturated heterocycles. The molecule has 0 spiro atoms. The molecule has 0 radical (unpaired) electrons. The maximum Gasteiger partial charge on any atom is 0.306 e. The molecule has 0 unspecified atom stereocenters. The molecule has 0 aromatic carbocycles. The van der Waals surface area contributed by atoms with Gasteiger partial charge in [-0.1, -0.05) is 40.7 Å². The first kappa shape index (κ1) is 28.0. The highest BCUT2D eigenvalue weighted by Gasteiger charge is 2.77. The largest absolute Gasteiger partial charge is 0.457 e. The number of ether oxygens (including phenoxy) is 2. The highest BCUT2D eigenvalue weighted by molar-refractivity contribution is 6.26. The number of Topliss-reactive ketones (excluding diaryl/α,β-unsaturated/α-hetero) is 1. The van der Waals surface area contributed by atoms with Crippen molar-refractivity contribution in [2.24, 2.45) is 28.6 Å². The molecule has 4 rings (SSSR count). The molecule has 9 heteroatoms. The summed E-state index contributed by atoms with van der Waals surface area (Å²) in [6.45, 7) is 8.22. The molecule has 0 aromatic heterocycles. The van der Waals surface area contributed by atoms with E-state index in [1.54, 1.807) is 19.9 Å². The Hall–Kier alpha value is -2.03. The van der Waals surface area contributed by atoms with E-state index in [0.29, 0.717) is 12.0 Å². The van der Waals surface area contributed by atoms with Crippen LogP contribution in [-0.4, -0.2) is 63.0 Å². The van der Waals surface area contributed by atoms with Gasteiger partial charge in [-0.2, -0.15) is 0 Å². The van der Waals surface area contributed by atoms with E-state index in [2.05, 4.69) is 0 Å². The van der Waals surface area contributed by atoms with Gasteiger partial charge in [0.15, 0.2) is 18.0 Å². The second-order valence-corrected chi connectivity index (χ2v) is 12.2. The minimum absolute atomic E-state index is 0.0480. The third kappa shape index (κ3) is 3.69. The number of carbonyl (C=O) groups excluding carboxylic acids is 4.